The number of rotatable bonds is 3. The molecule has 4 heteroatoms. The molecule has 0 fully saturated rings. The van der Waals surface area contributed by atoms with Crippen LogP contribution >= 0.6 is 0 Å². The van der Waals surface area contributed by atoms with E-state index in [0.29, 0.717) is 6.42 Å². The summed E-state index contributed by atoms with van der Waals surface area (Å²) < 4.78 is 1.85. The largest absolute Gasteiger partial charge is 0.390 e. The van der Waals surface area contributed by atoms with Gasteiger partial charge < -0.3 is 14.8 Å². The van der Waals surface area contributed by atoms with E-state index in [-0.39, 0.29) is 5.41 Å². The third-order valence-electron chi connectivity index (χ3n) is 2.56. The van der Waals surface area contributed by atoms with E-state index < -0.39 is 12.2 Å². The Labute approximate surface area is 90.6 Å². The van der Waals surface area contributed by atoms with Crippen LogP contribution in [-0.4, -0.2) is 32.0 Å². The number of imidazole rings is 1. The molecule has 0 aliphatic rings. The van der Waals surface area contributed by atoms with Gasteiger partial charge in [-0.25, -0.2) is 4.98 Å². The van der Waals surface area contributed by atoms with Crippen LogP contribution in [0.2, 0.25) is 0 Å². The lowest BCUT2D eigenvalue weighted by molar-refractivity contribution is -0.0443. The van der Waals surface area contributed by atoms with Gasteiger partial charge in [0, 0.05) is 25.9 Å². The first-order chi connectivity index (χ1) is 6.82. The lowest BCUT2D eigenvalue weighted by Gasteiger charge is -2.29. The van der Waals surface area contributed by atoms with Gasteiger partial charge in [-0.2, -0.15) is 0 Å². The third kappa shape index (κ3) is 3.04. The first-order valence-corrected chi connectivity index (χ1v) is 5.14. The van der Waals surface area contributed by atoms with E-state index in [4.69, 9.17) is 0 Å². The predicted octanol–water partition coefficient (Wildman–Crippen LogP) is 0.730. The van der Waals surface area contributed by atoms with Gasteiger partial charge in [0.05, 0.1) is 12.2 Å². The van der Waals surface area contributed by atoms with E-state index in [1.807, 2.05) is 38.6 Å². The molecule has 1 heterocycles. The maximum atomic E-state index is 9.86. The maximum Gasteiger partial charge on any atom is 0.111 e. The van der Waals surface area contributed by atoms with E-state index in [2.05, 4.69) is 4.98 Å². The van der Waals surface area contributed by atoms with Gasteiger partial charge in [0.2, 0.25) is 0 Å². The summed E-state index contributed by atoms with van der Waals surface area (Å²) in [5.41, 5.74) is -0.315. The highest BCUT2D eigenvalue weighted by atomic mass is 16.3. The van der Waals surface area contributed by atoms with Crippen LogP contribution < -0.4 is 0 Å². The average Bonchev–Trinajstić information content (AvgIpc) is 2.49. The lowest BCUT2D eigenvalue weighted by atomic mass is 9.85. The molecule has 1 aromatic rings. The summed E-state index contributed by atoms with van der Waals surface area (Å²) in [6, 6.07) is 0. The van der Waals surface area contributed by atoms with Crippen molar-refractivity contribution in [2.75, 3.05) is 0 Å². The van der Waals surface area contributed by atoms with Gasteiger partial charge in [-0.1, -0.05) is 20.8 Å². The van der Waals surface area contributed by atoms with E-state index in [9.17, 15) is 10.2 Å². The van der Waals surface area contributed by atoms with Crippen molar-refractivity contribution in [2.24, 2.45) is 12.5 Å². The number of aliphatic hydroxyl groups excluding tert-OH is 2. The van der Waals surface area contributed by atoms with Gasteiger partial charge in [0.25, 0.3) is 0 Å². The average molecular weight is 212 g/mol. The molecule has 1 rings (SSSR count). The van der Waals surface area contributed by atoms with Crippen LogP contribution in [0.5, 0.6) is 0 Å². The quantitative estimate of drug-likeness (QED) is 0.776. The van der Waals surface area contributed by atoms with E-state index in [1.165, 1.54) is 0 Å². The van der Waals surface area contributed by atoms with Crippen molar-refractivity contribution >= 4 is 0 Å². The Morgan fingerprint density at radius 1 is 1.40 bits per heavy atom. The minimum Gasteiger partial charge on any atom is -0.390 e. The fourth-order valence-corrected chi connectivity index (χ4v) is 1.47. The first-order valence-electron chi connectivity index (χ1n) is 5.14. The summed E-state index contributed by atoms with van der Waals surface area (Å²) in [7, 11) is 1.87. The fraction of sp³-hybridized carbons (Fsp3) is 0.727. The standard InChI is InChI=1S/C11H20N2O2/c1-11(2,3)10(15)8(14)7-9-12-5-6-13(9)4/h5-6,8,10,14-15H,7H2,1-4H3. The molecule has 0 bridgehead atoms. The highest BCUT2D eigenvalue weighted by Gasteiger charge is 2.29. The molecule has 4 nitrogen and oxygen atoms in total. The summed E-state index contributed by atoms with van der Waals surface area (Å²) in [6.07, 6.45) is 2.37. The van der Waals surface area contributed by atoms with Crippen LogP contribution in [0.4, 0.5) is 0 Å². The zero-order valence-corrected chi connectivity index (χ0v) is 9.81. The molecule has 0 radical (unpaired) electrons. The summed E-state index contributed by atoms with van der Waals surface area (Å²) in [5, 5.41) is 19.7. The van der Waals surface area contributed by atoms with Gasteiger partial charge in [-0.15, -0.1) is 0 Å². The van der Waals surface area contributed by atoms with Crippen LogP contribution in [-0.2, 0) is 13.5 Å². The highest BCUT2D eigenvalue weighted by molar-refractivity contribution is 4.95. The number of nitrogens with zero attached hydrogens (tertiary/aromatic N) is 2. The molecular formula is C11H20N2O2. The van der Waals surface area contributed by atoms with Crippen LogP contribution in [0.1, 0.15) is 26.6 Å². The number of aliphatic hydroxyl groups is 2. The van der Waals surface area contributed by atoms with Crippen molar-refractivity contribution in [3.8, 4) is 0 Å². The number of hydrogen-bond donors (Lipinski definition) is 2. The van der Waals surface area contributed by atoms with Crippen molar-refractivity contribution in [2.45, 2.75) is 39.4 Å². The monoisotopic (exact) mass is 212 g/mol. The van der Waals surface area contributed by atoms with E-state index >= 15 is 0 Å². The maximum absolute atomic E-state index is 9.86. The molecule has 15 heavy (non-hydrogen) atoms. The van der Waals surface area contributed by atoms with Crippen molar-refractivity contribution < 1.29 is 10.2 Å². The zero-order valence-electron chi connectivity index (χ0n) is 9.81. The Morgan fingerprint density at radius 2 is 2.00 bits per heavy atom. The third-order valence-corrected chi connectivity index (χ3v) is 2.56. The van der Waals surface area contributed by atoms with Gasteiger partial charge in [-0.3, -0.25) is 0 Å². The Hall–Kier alpha value is -0.870. The van der Waals surface area contributed by atoms with Gasteiger partial charge in [0.15, 0.2) is 0 Å². The Bertz CT molecular complexity index is 315. The molecule has 0 saturated heterocycles. The molecule has 0 aliphatic heterocycles. The smallest absolute Gasteiger partial charge is 0.111 e. The molecule has 0 saturated carbocycles. The molecule has 1 aromatic heterocycles. The molecule has 2 N–H and O–H groups in total. The zero-order chi connectivity index (χ0) is 11.6. The first kappa shape index (κ1) is 12.2. The Kier molecular flexibility index (Phi) is 3.52. The van der Waals surface area contributed by atoms with E-state index in [0.717, 1.165) is 5.82 Å². The second-order valence-corrected chi connectivity index (χ2v) is 5.04. The summed E-state index contributed by atoms with van der Waals surface area (Å²) in [5.74, 6) is 0.783. The molecule has 2 atom stereocenters. The van der Waals surface area contributed by atoms with Crippen LogP contribution in [0, 0.1) is 5.41 Å². The van der Waals surface area contributed by atoms with Crippen molar-refractivity contribution in [3.05, 3.63) is 18.2 Å². The second-order valence-electron chi connectivity index (χ2n) is 5.04. The normalized spacial score (nSPS) is 16.4. The van der Waals surface area contributed by atoms with Crippen molar-refractivity contribution in [1.82, 2.24) is 9.55 Å². The van der Waals surface area contributed by atoms with Gasteiger partial charge in [0.1, 0.15) is 5.82 Å². The topological polar surface area (TPSA) is 58.3 Å². The molecule has 0 aliphatic carbocycles. The minimum absolute atomic E-state index is 0.315. The minimum atomic E-state index is -0.772. The Balaban J connectivity index is 2.64. The lowest BCUT2D eigenvalue weighted by Crippen LogP contribution is -2.39. The molecule has 0 spiro atoms. The molecule has 0 amide bonds. The second kappa shape index (κ2) is 4.33. The van der Waals surface area contributed by atoms with Crippen LogP contribution in [0.25, 0.3) is 0 Å². The summed E-state index contributed by atoms with van der Waals surface area (Å²) in [4.78, 5) is 4.11. The molecule has 0 aromatic carbocycles. The van der Waals surface area contributed by atoms with Gasteiger partial charge >= 0.3 is 0 Å². The highest BCUT2D eigenvalue weighted by Crippen LogP contribution is 2.23. The number of hydrogen-bond acceptors (Lipinski definition) is 3. The predicted molar refractivity (Wildman–Crippen MR) is 58.4 cm³/mol. The number of aromatic nitrogens is 2. The number of aryl methyl sites for hydroxylation is 1. The van der Waals surface area contributed by atoms with Gasteiger partial charge in [-0.05, 0) is 5.41 Å². The van der Waals surface area contributed by atoms with E-state index in [1.54, 1.807) is 6.20 Å². The van der Waals surface area contributed by atoms with Crippen LogP contribution in [0.15, 0.2) is 12.4 Å². The summed E-state index contributed by atoms with van der Waals surface area (Å²) >= 11 is 0. The van der Waals surface area contributed by atoms with Crippen molar-refractivity contribution in [1.29, 1.82) is 0 Å². The molecule has 86 valence electrons. The fourth-order valence-electron chi connectivity index (χ4n) is 1.47. The Morgan fingerprint density at radius 3 is 2.40 bits per heavy atom. The molecule has 2 unspecified atom stereocenters. The van der Waals surface area contributed by atoms with Crippen LogP contribution in [0.3, 0.4) is 0 Å². The summed E-state index contributed by atoms with van der Waals surface area (Å²) in [6.45, 7) is 5.71. The van der Waals surface area contributed by atoms with Crippen molar-refractivity contribution in [3.63, 3.8) is 0 Å². The SMILES string of the molecule is Cn1ccnc1CC(O)C(O)C(C)(C)C. The molecular weight excluding hydrogens is 192 g/mol.